The molecule has 7 heteroatoms. The molecule has 3 N–H and O–H groups in total. The van der Waals surface area contributed by atoms with Crippen molar-refractivity contribution < 1.29 is 9.47 Å². The monoisotopic (exact) mass is 508 g/mol. The van der Waals surface area contributed by atoms with Crippen LogP contribution in [0.2, 0.25) is 0 Å². The number of aliphatic imine (C=N–C) groups is 1. The molecule has 0 aliphatic carbocycles. The summed E-state index contributed by atoms with van der Waals surface area (Å²) in [4.78, 5) is 7.02. The third-order valence-electron chi connectivity index (χ3n) is 5.13. The van der Waals surface area contributed by atoms with E-state index in [9.17, 15) is 0 Å². The van der Waals surface area contributed by atoms with Gasteiger partial charge in [-0.15, -0.1) is 24.0 Å². The molecule has 2 aliphatic heterocycles. The van der Waals surface area contributed by atoms with E-state index in [0.717, 1.165) is 36.7 Å². The van der Waals surface area contributed by atoms with Crippen molar-refractivity contribution in [2.75, 3.05) is 36.5 Å². The number of ether oxygens (including phenoxy) is 2. The van der Waals surface area contributed by atoms with Crippen LogP contribution in [-0.2, 0) is 6.54 Å². The van der Waals surface area contributed by atoms with Crippen LogP contribution in [0.5, 0.6) is 11.5 Å². The molecular weight excluding hydrogens is 479 g/mol. The van der Waals surface area contributed by atoms with Gasteiger partial charge in [-0.3, -0.25) is 0 Å². The lowest BCUT2D eigenvalue weighted by molar-refractivity contribution is 0.297. The third kappa shape index (κ3) is 5.68. The van der Waals surface area contributed by atoms with E-state index in [0.29, 0.717) is 25.7 Å². The molecule has 0 radical (unpaired) electrons. The molecule has 29 heavy (non-hydrogen) atoms. The van der Waals surface area contributed by atoms with Gasteiger partial charge in [0.2, 0.25) is 0 Å². The van der Waals surface area contributed by atoms with Gasteiger partial charge in [0.25, 0.3) is 0 Å². The molecule has 2 aromatic rings. The summed E-state index contributed by atoms with van der Waals surface area (Å²) in [6.45, 7) is 4.13. The zero-order chi connectivity index (χ0) is 19.2. The Morgan fingerprint density at radius 1 is 0.966 bits per heavy atom. The van der Waals surface area contributed by atoms with Crippen molar-refractivity contribution >= 4 is 41.3 Å². The van der Waals surface area contributed by atoms with Crippen molar-refractivity contribution in [2.45, 2.75) is 32.2 Å². The zero-order valence-corrected chi connectivity index (χ0v) is 18.9. The van der Waals surface area contributed by atoms with Gasteiger partial charge in [-0.1, -0.05) is 18.2 Å². The minimum atomic E-state index is 0. The predicted molar refractivity (Wildman–Crippen MR) is 129 cm³/mol. The Labute approximate surface area is 189 Å². The number of hydrogen-bond acceptors (Lipinski definition) is 4. The van der Waals surface area contributed by atoms with Crippen LogP contribution in [0.25, 0.3) is 0 Å². The highest BCUT2D eigenvalue weighted by molar-refractivity contribution is 14.0. The lowest BCUT2D eigenvalue weighted by Gasteiger charge is -2.30. The average Bonchev–Trinajstić information content (AvgIpc) is 2.98. The molecule has 1 fully saturated rings. The maximum Gasteiger partial charge on any atom is 0.193 e. The highest BCUT2D eigenvalue weighted by Gasteiger charge is 2.14. The van der Waals surface area contributed by atoms with Gasteiger partial charge in [0.1, 0.15) is 0 Å². The fourth-order valence-electron chi connectivity index (χ4n) is 3.69. The highest BCUT2D eigenvalue weighted by Crippen LogP contribution is 2.32. The molecule has 6 nitrogen and oxygen atoms in total. The van der Waals surface area contributed by atoms with Gasteiger partial charge in [-0.25, -0.2) is 4.99 Å². The number of benzene rings is 2. The molecule has 0 aromatic heterocycles. The molecule has 0 unspecified atom stereocenters. The van der Waals surface area contributed by atoms with Crippen molar-refractivity contribution in [3.8, 4) is 11.5 Å². The number of nitrogens with one attached hydrogen (secondary N) is 1. The number of nitrogens with two attached hydrogens (primary N) is 1. The van der Waals surface area contributed by atoms with Crippen molar-refractivity contribution in [1.82, 2.24) is 0 Å². The van der Waals surface area contributed by atoms with E-state index in [1.54, 1.807) is 0 Å². The maximum atomic E-state index is 6.14. The fraction of sp³-hybridized carbons (Fsp3) is 0.409. The summed E-state index contributed by atoms with van der Waals surface area (Å²) in [5.74, 6) is 1.91. The Bertz CT molecular complexity index is 837. The van der Waals surface area contributed by atoms with Gasteiger partial charge in [-0.05, 0) is 43.0 Å². The van der Waals surface area contributed by atoms with Gasteiger partial charge in [0.05, 0.1) is 19.8 Å². The van der Waals surface area contributed by atoms with Crippen LogP contribution in [-0.4, -0.2) is 32.3 Å². The summed E-state index contributed by atoms with van der Waals surface area (Å²) in [7, 11) is 0. The first kappa shape index (κ1) is 21.5. The summed E-state index contributed by atoms with van der Waals surface area (Å²) < 4.78 is 11.4. The summed E-state index contributed by atoms with van der Waals surface area (Å²) in [6.07, 6.45) is 4.72. The van der Waals surface area contributed by atoms with Crippen molar-refractivity contribution in [3.63, 3.8) is 0 Å². The minimum Gasteiger partial charge on any atom is -0.490 e. The highest BCUT2D eigenvalue weighted by atomic mass is 127. The number of para-hydroxylation sites is 1. The maximum absolute atomic E-state index is 6.14. The molecule has 0 amide bonds. The quantitative estimate of drug-likeness (QED) is 0.365. The second-order valence-electron chi connectivity index (χ2n) is 7.21. The van der Waals surface area contributed by atoms with E-state index in [1.165, 1.54) is 30.5 Å². The van der Waals surface area contributed by atoms with E-state index < -0.39 is 0 Å². The van der Waals surface area contributed by atoms with Crippen LogP contribution >= 0.6 is 24.0 Å². The first-order valence-electron chi connectivity index (χ1n) is 10.1. The fourth-order valence-corrected chi connectivity index (χ4v) is 3.69. The Morgan fingerprint density at radius 2 is 1.72 bits per heavy atom. The minimum absolute atomic E-state index is 0. The van der Waals surface area contributed by atoms with Gasteiger partial charge in [0, 0.05) is 37.0 Å². The molecule has 4 rings (SSSR count). The van der Waals surface area contributed by atoms with Gasteiger partial charge >= 0.3 is 0 Å². The molecule has 0 saturated carbocycles. The lowest BCUT2D eigenvalue weighted by Crippen LogP contribution is -2.30. The lowest BCUT2D eigenvalue weighted by atomic mass is 10.1. The Balaban J connectivity index is 0.00000240. The molecule has 1 saturated heterocycles. The second-order valence-corrected chi connectivity index (χ2v) is 7.21. The number of guanidine groups is 1. The molecule has 2 aromatic carbocycles. The normalized spacial score (nSPS) is 16.6. The van der Waals surface area contributed by atoms with E-state index in [1.807, 2.05) is 18.2 Å². The van der Waals surface area contributed by atoms with Crippen LogP contribution < -0.4 is 25.4 Å². The smallest absolute Gasteiger partial charge is 0.193 e. The van der Waals surface area contributed by atoms with E-state index in [4.69, 9.17) is 15.2 Å². The van der Waals surface area contributed by atoms with Gasteiger partial charge in [0.15, 0.2) is 17.5 Å². The van der Waals surface area contributed by atoms with Crippen LogP contribution in [0.1, 0.15) is 31.2 Å². The van der Waals surface area contributed by atoms with E-state index >= 15 is 0 Å². The summed E-state index contributed by atoms with van der Waals surface area (Å²) in [6, 6.07) is 14.2. The molecular formula is C22H29IN4O2. The molecule has 0 bridgehead atoms. The SMILES string of the molecule is I.NC(=NCc1ccccc1N1CCCCC1)Nc1ccc2c(c1)OCCCO2. The van der Waals surface area contributed by atoms with E-state index in [-0.39, 0.29) is 24.0 Å². The standard InChI is InChI=1S/C22H28N4O2.HI/c23-22(25-18-9-10-20-21(15-18)28-14-6-13-27-20)24-16-17-7-2-3-8-19(17)26-11-4-1-5-12-26;/h2-3,7-10,15H,1,4-6,11-14,16H2,(H3,23,24,25);1H. The second kappa shape index (κ2) is 10.6. The van der Waals surface area contributed by atoms with Gasteiger partial charge < -0.3 is 25.4 Å². The van der Waals surface area contributed by atoms with Crippen molar-refractivity contribution in [3.05, 3.63) is 48.0 Å². The average molecular weight is 508 g/mol. The Hall–Kier alpha value is -2.16. The first-order valence-corrected chi connectivity index (χ1v) is 10.1. The number of anilines is 2. The summed E-state index contributed by atoms with van der Waals surface area (Å²) in [5, 5.41) is 3.16. The Kier molecular flexibility index (Phi) is 7.85. The number of rotatable bonds is 4. The van der Waals surface area contributed by atoms with Crippen molar-refractivity contribution in [1.29, 1.82) is 0 Å². The van der Waals surface area contributed by atoms with Crippen molar-refractivity contribution in [2.24, 2.45) is 10.7 Å². The van der Waals surface area contributed by atoms with Crippen LogP contribution in [0.3, 0.4) is 0 Å². The number of fused-ring (bicyclic) bond motifs is 1. The zero-order valence-electron chi connectivity index (χ0n) is 16.6. The first-order chi connectivity index (χ1) is 13.8. The number of hydrogen-bond donors (Lipinski definition) is 2. The van der Waals surface area contributed by atoms with E-state index in [2.05, 4.69) is 39.5 Å². The number of piperidine rings is 1. The largest absolute Gasteiger partial charge is 0.490 e. The third-order valence-corrected chi connectivity index (χ3v) is 5.13. The topological polar surface area (TPSA) is 72.1 Å². The van der Waals surface area contributed by atoms with Gasteiger partial charge in [-0.2, -0.15) is 0 Å². The molecule has 0 atom stereocenters. The predicted octanol–water partition coefficient (Wildman–Crippen LogP) is 4.38. The van der Waals surface area contributed by atoms with Crippen LogP contribution in [0.15, 0.2) is 47.5 Å². The molecule has 0 spiro atoms. The molecule has 2 heterocycles. The molecule has 2 aliphatic rings. The van der Waals surface area contributed by atoms with Crippen LogP contribution in [0, 0.1) is 0 Å². The van der Waals surface area contributed by atoms with Crippen LogP contribution in [0.4, 0.5) is 11.4 Å². The number of nitrogens with zero attached hydrogens (tertiary/aromatic N) is 2. The Morgan fingerprint density at radius 3 is 2.55 bits per heavy atom. The summed E-state index contributed by atoms with van der Waals surface area (Å²) >= 11 is 0. The number of halogens is 1. The summed E-state index contributed by atoms with van der Waals surface area (Å²) in [5.41, 5.74) is 9.46. The molecule has 156 valence electrons.